The molecule has 148 valence electrons. The Morgan fingerprint density at radius 3 is 2.59 bits per heavy atom. The van der Waals surface area contributed by atoms with E-state index in [-0.39, 0.29) is 34.2 Å². The van der Waals surface area contributed by atoms with Gasteiger partial charge in [0.15, 0.2) is 0 Å². The molecule has 3 atom stereocenters. The van der Waals surface area contributed by atoms with Crippen LogP contribution in [0.15, 0.2) is 28.8 Å². The van der Waals surface area contributed by atoms with Gasteiger partial charge in [-0.3, -0.25) is 10.1 Å². The quantitative estimate of drug-likeness (QED) is 0.694. The van der Waals surface area contributed by atoms with Gasteiger partial charge in [0.05, 0.1) is 12.5 Å². The van der Waals surface area contributed by atoms with Gasteiger partial charge in [-0.1, -0.05) is 49.2 Å². The number of halogens is 2. The lowest BCUT2D eigenvalue weighted by atomic mass is 10.1. The molecule has 1 aliphatic rings. The number of allylic oxidation sites excluding steroid dienone is 1. The molecule has 3 unspecified atom stereocenters. The predicted molar refractivity (Wildman–Crippen MR) is 109 cm³/mol. The fourth-order valence-corrected chi connectivity index (χ4v) is 3.49. The molecule has 0 aliphatic heterocycles. The number of aryl methyl sites for hydroxylation is 2. The number of carbonyl (C=O) groups is 2. The molecule has 0 spiro atoms. The summed E-state index contributed by atoms with van der Waals surface area (Å²) in [6.45, 7) is 9.81. The average Bonchev–Trinajstić information content (AvgIpc) is 3.08. The Kier molecular flexibility index (Phi) is 6.82. The molecule has 2 rings (SSSR count). The third-order valence-electron chi connectivity index (χ3n) is 5.00. The van der Waals surface area contributed by atoms with Gasteiger partial charge in [-0.25, -0.2) is 4.79 Å². The van der Waals surface area contributed by atoms with Crippen LogP contribution in [0.4, 0.5) is 10.5 Å². The largest absolute Gasteiger partial charge is 0.444 e. The Morgan fingerprint density at radius 2 is 1.96 bits per heavy atom. The van der Waals surface area contributed by atoms with Crippen LogP contribution in [-0.2, 0) is 9.53 Å². The Labute approximate surface area is 170 Å². The van der Waals surface area contributed by atoms with E-state index in [1.54, 1.807) is 13.0 Å². The van der Waals surface area contributed by atoms with E-state index in [0.717, 1.165) is 11.1 Å². The summed E-state index contributed by atoms with van der Waals surface area (Å²) in [5, 5.41) is 5.57. The van der Waals surface area contributed by atoms with E-state index in [9.17, 15) is 9.59 Å². The number of carbonyl (C=O) groups excluding carboxylic acids is 2. The van der Waals surface area contributed by atoms with E-state index < -0.39 is 12.2 Å². The Morgan fingerprint density at radius 1 is 1.30 bits per heavy atom. The van der Waals surface area contributed by atoms with Crippen molar-refractivity contribution < 1.29 is 14.3 Å². The lowest BCUT2D eigenvalue weighted by Gasteiger charge is -2.16. The van der Waals surface area contributed by atoms with Crippen molar-refractivity contribution in [2.24, 2.45) is 17.3 Å². The molecular weight excluding hydrogens is 387 g/mol. The van der Waals surface area contributed by atoms with E-state index in [2.05, 4.69) is 10.6 Å². The number of anilines is 1. The molecule has 0 bridgehead atoms. The Balaban J connectivity index is 1.81. The van der Waals surface area contributed by atoms with Crippen LogP contribution in [0.2, 0.25) is 0 Å². The summed E-state index contributed by atoms with van der Waals surface area (Å²) in [6.07, 6.45) is 0.684. The van der Waals surface area contributed by atoms with Gasteiger partial charge in [-0.2, -0.15) is 0 Å². The first kappa shape index (κ1) is 21.6. The van der Waals surface area contributed by atoms with Gasteiger partial charge in [0.1, 0.15) is 10.6 Å². The molecule has 1 aromatic rings. The maximum atomic E-state index is 12.4. The molecule has 0 aromatic heterocycles. The van der Waals surface area contributed by atoms with Crippen molar-refractivity contribution in [1.82, 2.24) is 5.32 Å². The molecule has 1 aromatic carbocycles. The fourth-order valence-electron chi connectivity index (χ4n) is 3.21. The average molecular weight is 413 g/mol. The van der Waals surface area contributed by atoms with E-state index >= 15 is 0 Å². The Hall–Kier alpha value is -1.72. The smallest absolute Gasteiger partial charge is 0.411 e. The first-order valence-electron chi connectivity index (χ1n) is 8.87. The fraction of sp³-hybridized carbons (Fsp3) is 0.500. The van der Waals surface area contributed by atoms with E-state index in [0.29, 0.717) is 5.69 Å². The summed E-state index contributed by atoms with van der Waals surface area (Å²) in [4.78, 5) is 24.5. The van der Waals surface area contributed by atoms with Crippen LogP contribution in [0.1, 0.15) is 31.9 Å². The second-order valence-corrected chi connectivity index (χ2v) is 8.69. The van der Waals surface area contributed by atoms with Crippen molar-refractivity contribution in [3.63, 3.8) is 0 Å². The topological polar surface area (TPSA) is 67.4 Å². The molecule has 27 heavy (non-hydrogen) atoms. The second-order valence-electron chi connectivity index (χ2n) is 7.69. The zero-order chi connectivity index (χ0) is 20.4. The van der Waals surface area contributed by atoms with Crippen molar-refractivity contribution in [2.45, 2.75) is 40.7 Å². The minimum Gasteiger partial charge on any atom is -0.444 e. The monoisotopic (exact) mass is 412 g/mol. The van der Waals surface area contributed by atoms with E-state index in [4.69, 9.17) is 27.9 Å². The molecule has 0 heterocycles. The standard InChI is InChI=1S/C20H26Cl2N2O3/c1-11-6-7-12(2)15(8-11)24-19(26)27-13(3)10-23-18(25)17-14(9-16(21)22)20(17,4)5/h6-9,13-14,17H,10H2,1-5H3,(H,23,25)(H,24,26). The van der Waals surface area contributed by atoms with Crippen LogP contribution in [0.3, 0.4) is 0 Å². The summed E-state index contributed by atoms with van der Waals surface area (Å²) in [5.74, 6) is -0.284. The molecule has 1 aliphatic carbocycles. The van der Waals surface area contributed by atoms with Crippen molar-refractivity contribution in [1.29, 1.82) is 0 Å². The summed E-state index contributed by atoms with van der Waals surface area (Å²) >= 11 is 11.4. The van der Waals surface area contributed by atoms with Crippen LogP contribution in [-0.4, -0.2) is 24.6 Å². The summed E-state index contributed by atoms with van der Waals surface area (Å²) in [7, 11) is 0. The first-order valence-corrected chi connectivity index (χ1v) is 9.63. The number of amides is 2. The van der Waals surface area contributed by atoms with Crippen LogP contribution in [0.25, 0.3) is 0 Å². The zero-order valence-corrected chi connectivity index (χ0v) is 17.7. The molecule has 0 radical (unpaired) electrons. The number of hydrogen-bond donors (Lipinski definition) is 2. The van der Waals surface area contributed by atoms with Gasteiger partial charge in [0, 0.05) is 5.69 Å². The van der Waals surface area contributed by atoms with Gasteiger partial charge in [-0.15, -0.1) is 0 Å². The molecule has 2 amide bonds. The molecule has 1 saturated carbocycles. The van der Waals surface area contributed by atoms with Crippen LogP contribution in [0, 0.1) is 31.1 Å². The Bertz CT molecular complexity index is 758. The SMILES string of the molecule is Cc1ccc(C)c(NC(=O)OC(C)CNC(=O)C2C(C=C(Cl)Cl)C2(C)C)c1. The van der Waals surface area contributed by atoms with Gasteiger partial charge < -0.3 is 10.1 Å². The van der Waals surface area contributed by atoms with Gasteiger partial charge in [0.25, 0.3) is 0 Å². The molecule has 1 fully saturated rings. The van der Waals surface area contributed by atoms with Crippen molar-refractivity contribution in [3.05, 3.63) is 39.9 Å². The molecule has 5 nitrogen and oxygen atoms in total. The number of rotatable bonds is 6. The van der Waals surface area contributed by atoms with Gasteiger partial charge in [-0.05, 0) is 55.4 Å². The minimum absolute atomic E-state index is 0.00585. The molecule has 2 N–H and O–H groups in total. The van der Waals surface area contributed by atoms with Crippen molar-refractivity contribution >= 4 is 40.9 Å². The summed E-state index contributed by atoms with van der Waals surface area (Å²) in [6, 6.07) is 5.79. The van der Waals surface area contributed by atoms with E-state index in [1.165, 1.54) is 0 Å². The number of hydrogen-bond acceptors (Lipinski definition) is 3. The highest BCUT2D eigenvalue weighted by Gasteiger charge is 2.60. The maximum absolute atomic E-state index is 12.4. The normalized spacial score (nSPS) is 21.0. The maximum Gasteiger partial charge on any atom is 0.411 e. The van der Waals surface area contributed by atoms with E-state index in [1.807, 2.05) is 45.9 Å². The number of ether oxygens (including phenoxy) is 1. The van der Waals surface area contributed by atoms with Crippen LogP contribution < -0.4 is 10.6 Å². The van der Waals surface area contributed by atoms with Crippen molar-refractivity contribution in [3.8, 4) is 0 Å². The van der Waals surface area contributed by atoms with Gasteiger partial charge in [0.2, 0.25) is 5.91 Å². The molecular formula is C20H26Cl2N2O3. The number of nitrogens with one attached hydrogen (secondary N) is 2. The number of benzene rings is 1. The second kappa shape index (κ2) is 8.53. The van der Waals surface area contributed by atoms with Crippen LogP contribution in [0.5, 0.6) is 0 Å². The lowest BCUT2D eigenvalue weighted by Crippen LogP contribution is -2.35. The summed E-state index contributed by atoms with van der Waals surface area (Å²) in [5.41, 5.74) is 2.52. The van der Waals surface area contributed by atoms with Crippen LogP contribution >= 0.6 is 23.2 Å². The zero-order valence-electron chi connectivity index (χ0n) is 16.2. The lowest BCUT2D eigenvalue weighted by molar-refractivity contribution is -0.123. The summed E-state index contributed by atoms with van der Waals surface area (Å²) < 4.78 is 5.49. The van der Waals surface area contributed by atoms with Gasteiger partial charge >= 0.3 is 6.09 Å². The predicted octanol–water partition coefficient (Wildman–Crippen LogP) is 4.95. The molecule has 7 heteroatoms. The third kappa shape index (κ3) is 5.63. The highest BCUT2D eigenvalue weighted by molar-refractivity contribution is 6.55. The van der Waals surface area contributed by atoms with Crippen molar-refractivity contribution in [2.75, 3.05) is 11.9 Å². The first-order chi connectivity index (χ1) is 12.5. The highest BCUT2D eigenvalue weighted by Crippen LogP contribution is 2.59. The highest BCUT2D eigenvalue weighted by atomic mass is 35.5. The molecule has 0 saturated heterocycles. The third-order valence-corrected chi connectivity index (χ3v) is 5.25. The minimum atomic E-state index is -0.549.